The Morgan fingerprint density at radius 3 is 2.44 bits per heavy atom. The largest absolute Gasteiger partial charge is 0.480 e. The number of hydrogen-bond acceptors (Lipinski definition) is 2. The van der Waals surface area contributed by atoms with Crippen molar-refractivity contribution in [3.05, 3.63) is 0 Å². The van der Waals surface area contributed by atoms with E-state index in [2.05, 4.69) is 0 Å². The fraction of sp³-hybridized carbons (Fsp3) is 0.833. The van der Waals surface area contributed by atoms with E-state index in [9.17, 15) is 4.79 Å². The van der Waals surface area contributed by atoms with Gasteiger partial charge >= 0.3 is 5.97 Å². The summed E-state index contributed by atoms with van der Waals surface area (Å²) in [5.41, 5.74) is 5.31. The predicted octanol–water partition coefficient (Wildman–Crippen LogP) is 0.0543. The first kappa shape index (κ1) is 6.55. The van der Waals surface area contributed by atoms with Crippen LogP contribution in [0, 0.1) is 11.8 Å². The molecule has 1 fully saturated rings. The topological polar surface area (TPSA) is 63.3 Å². The minimum absolute atomic E-state index is 0.238. The Morgan fingerprint density at radius 2 is 2.33 bits per heavy atom. The van der Waals surface area contributed by atoms with Crippen LogP contribution in [-0.2, 0) is 4.79 Å². The third-order valence-corrected chi connectivity index (χ3v) is 1.92. The van der Waals surface area contributed by atoms with Gasteiger partial charge in [-0.1, -0.05) is 6.92 Å². The average molecular weight is 129 g/mol. The summed E-state index contributed by atoms with van der Waals surface area (Å²) in [5.74, 6) is -0.108. The molecular weight excluding hydrogens is 118 g/mol. The van der Waals surface area contributed by atoms with Gasteiger partial charge in [-0.05, 0) is 18.3 Å². The Morgan fingerprint density at radius 1 is 1.89 bits per heavy atom. The number of rotatable bonds is 2. The lowest BCUT2D eigenvalue weighted by Crippen LogP contribution is -2.32. The Labute approximate surface area is 53.9 Å². The van der Waals surface area contributed by atoms with E-state index in [1.54, 1.807) is 0 Å². The summed E-state index contributed by atoms with van der Waals surface area (Å²) in [4.78, 5) is 10.2. The highest BCUT2D eigenvalue weighted by atomic mass is 16.4. The minimum atomic E-state index is -0.871. The van der Waals surface area contributed by atoms with Crippen molar-refractivity contribution in [2.24, 2.45) is 17.6 Å². The van der Waals surface area contributed by atoms with Gasteiger partial charge in [0.15, 0.2) is 0 Å². The van der Waals surface area contributed by atoms with E-state index in [0.717, 1.165) is 6.42 Å². The summed E-state index contributed by atoms with van der Waals surface area (Å²) in [7, 11) is 0. The van der Waals surface area contributed by atoms with E-state index >= 15 is 0 Å². The van der Waals surface area contributed by atoms with E-state index in [-0.39, 0.29) is 5.92 Å². The maximum atomic E-state index is 10.2. The molecular formula is C6H11NO2. The molecule has 0 amide bonds. The van der Waals surface area contributed by atoms with Crippen LogP contribution in [0.5, 0.6) is 0 Å². The molecule has 0 aromatic carbocycles. The maximum absolute atomic E-state index is 10.2. The fourth-order valence-corrected chi connectivity index (χ4v) is 1.03. The van der Waals surface area contributed by atoms with E-state index < -0.39 is 12.0 Å². The highest BCUT2D eigenvalue weighted by molar-refractivity contribution is 5.74. The van der Waals surface area contributed by atoms with Gasteiger partial charge < -0.3 is 10.8 Å². The van der Waals surface area contributed by atoms with E-state index in [1.807, 2.05) is 6.92 Å². The molecule has 0 bridgehead atoms. The molecule has 3 nitrogen and oxygen atoms in total. The van der Waals surface area contributed by atoms with Gasteiger partial charge in [0.25, 0.3) is 0 Å². The molecule has 0 saturated heterocycles. The predicted molar refractivity (Wildman–Crippen MR) is 32.9 cm³/mol. The quantitative estimate of drug-likeness (QED) is 0.554. The standard InChI is InChI=1S/C6H11NO2/c1-3-2-4(3)5(7)6(8)9/h3-5H,2,7H2,1H3,(H,8,9). The van der Waals surface area contributed by atoms with Gasteiger partial charge in [0.2, 0.25) is 0 Å². The maximum Gasteiger partial charge on any atom is 0.320 e. The van der Waals surface area contributed by atoms with Crippen molar-refractivity contribution in [1.82, 2.24) is 0 Å². The molecule has 1 aliphatic carbocycles. The lowest BCUT2D eigenvalue weighted by atomic mass is 10.2. The van der Waals surface area contributed by atoms with Gasteiger partial charge in [-0.25, -0.2) is 0 Å². The first-order valence-electron chi connectivity index (χ1n) is 3.11. The van der Waals surface area contributed by atoms with Crippen molar-refractivity contribution in [3.63, 3.8) is 0 Å². The van der Waals surface area contributed by atoms with Crippen LogP contribution in [0.25, 0.3) is 0 Å². The summed E-state index contributed by atoms with van der Waals surface area (Å²) in [5, 5.41) is 8.39. The van der Waals surface area contributed by atoms with E-state index in [4.69, 9.17) is 10.8 Å². The van der Waals surface area contributed by atoms with Gasteiger partial charge in [-0.2, -0.15) is 0 Å². The van der Waals surface area contributed by atoms with Gasteiger partial charge in [0.1, 0.15) is 6.04 Å². The normalized spacial score (nSPS) is 35.8. The Kier molecular flexibility index (Phi) is 1.45. The number of carbonyl (C=O) groups is 1. The third kappa shape index (κ3) is 1.21. The zero-order valence-corrected chi connectivity index (χ0v) is 5.37. The Bertz CT molecular complexity index is 135. The molecule has 1 aliphatic rings. The van der Waals surface area contributed by atoms with E-state index in [1.165, 1.54) is 0 Å². The third-order valence-electron chi connectivity index (χ3n) is 1.92. The molecule has 3 heteroatoms. The van der Waals surface area contributed by atoms with Crippen molar-refractivity contribution in [2.75, 3.05) is 0 Å². The molecule has 52 valence electrons. The van der Waals surface area contributed by atoms with Crippen LogP contribution in [0.15, 0.2) is 0 Å². The average Bonchev–Trinajstić information content (AvgIpc) is 2.44. The summed E-state index contributed by atoms with van der Waals surface area (Å²) >= 11 is 0. The number of carboxylic acids is 1. The number of carboxylic acid groups (broad SMARTS) is 1. The molecule has 3 unspecified atom stereocenters. The number of nitrogens with two attached hydrogens (primary N) is 1. The molecule has 3 atom stereocenters. The molecule has 0 radical (unpaired) electrons. The summed E-state index contributed by atoms with van der Waals surface area (Å²) < 4.78 is 0. The Hall–Kier alpha value is -0.570. The van der Waals surface area contributed by atoms with Crippen molar-refractivity contribution in [3.8, 4) is 0 Å². The highest BCUT2D eigenvalue weighted by Gasteiger charge is 2.40. The molecule has 0 aromatic heterocycles. The lowest BCUT2D eigenvalue weighted by molar-refractivity contribution is -0.139. The first-order valence-corrected chi connectivity index (χ1v) is 3.11. The molecule has 0 aromatic rings. The second kappa shape index (κ2) is 1.99. The molecule has 1 rings (SSSR count). The smallest absolute Gasteiger partial charge is 0.320 e. The van der Waals surface area contributed by atoms with Crippen molar-refractivity contribution >= 4 is 5.97 Å². The van der Waals surface area contributed by atoms with Gasteiger partial charge in [-0.15, -0.1) is 0 Å². The van der Waals surface area contributed by atoms with Crippen molar-refractivity contribution < 1.29 is 9.90 Å². The first-order chi connectivity index (χ1) is 4.13. The Balaban J connectivity index is 2.36. The van der Waals surface area contributed by atoms with Crippen LogP contribution < -0.4 is 5.73 Å². The summed E-state index contributed by atoms with van der Waals surface area (Å²) in [6.45, 7) is 2.02. The minimum Gasteiger partial charge on any atom is -0.480 e. The zero-order chi connectivity index (χ0) is 7.02. The summed E-state index contributed by atoms with van der Waals surface area (Å²) in [6.07, 6.45) is 0.980. The molecule has 0 heterocycles. The van der Waals surface area contributed by atoms with Gasteiger partial charge in [-0.3, -0.25) is 4.79 Å². The molecule has 0 spiro atoms. The molecule has 1 saturated carbocycles. The van der Waals surface area contributed by atoms with Gasteiger partial charge in [0.05, 0.1) is 0 Å². The van der Waals surface area contributed by atoms with Crippen molar-refractivity contribution in [2.45, 2.75) is 19.4 Å². The monoisotopic (exact) mass is 129 g/mol. The number of hydrogen-bond donors (Lipinski definition) is 2. The highest BCUT2D eigenvalue weighted by Crippen LogP contribution is 2.39. The van der Waals surface area contributed by atoms with Crippen LogP contribution in [0.2, 0.25) is 0 Å². The van der Waals surface area contributed by atoms with Crippen LogP contribution in [0.1, 0.15) is 13.3 Å². The van der Waals surface area contributed by atoms with Crippen LogP contribution in [-0.4, -0.2) is 17.1 Å². The van der Waals surface area contributed by atoms with Crippen LogP contribution in [0.4, 0.5) is 0 Å². The molecule has 0 aliphatic heterocycles. The lowest BCUT2D eigenvalue weighted by Gasteiger charge is -2.01. The van der Waals surface area contributed by atoms with Crippen molar-refractivity contribution in [1.29, 1.82) is 0 Å². The summed E-state index contributed by atoms with van der Waals surface area (Å²) in [6, 6.07) is -0.625. The van der Waals surface area contributed by atoms with E-state index in [0.29, 0.717) is 5.92 Å². The second-order valence-electron chi connectivity index (χ2n) is 2.74. The SMILES string of the molecule is CC1CC1C(N)C(=O)O. The molecule has 9 heavy (non-hydrogen) atoms. The molecule has 3 N–H and O–H groups in total. The van der Waals surface area contributed by atoms with Gasteiger partial charge in [0, 0.05) is 0 Å². The van der Waals surface area contributed by atoms with Crippen LogP contribution in [0.3, 0.4) is 0 Å². The fourth-order valence-electron chi connectivity index (χ4n) is 1.03. The van der Waals surface area contributed by atoms with Crippen LogP contribution >= 0.6 is 0 Å². The zero-order valence-electron chi connectivity index (χ0n) is 5.37. The second-order valence-corrected chi connectivity index (χ2v) is 2.74. The number of aliphatic carboxylic acids is 1.